The molecule has 1 aromatic heterocycles. The maximum absolute atomic E-state index is 12.4. The number of hydrogen-bond acceptors (Lipinski definition) is 5. The van der Waals surface area contributed by atoms with Crippen molar-refractivity contribution in [2.45, 2.75) is 37.6 Å². The fraction of sp³-hybridized carbons (Fsp3) is 0.474. The molecule has 0 aliphatic carbocycles. The van der Waals surface area contributed by atoms with Crippen molar-refractivity contribution >= 4 is 17.7 Å². The van der Waals surface area contributed by atoms with Gasteiger partial charge in [0.05, 0.1) is 25.2 Å². The zero-order valence-corrected chi connectivity index (χ0v) is 15.9. The topological polar surface area (TPSA) is 67.6 Å². The van der Waals surface area contributed by atoms with Crippen molar-refractivity contribution in [1.29, 1.82) is 0 Å². The standard InChI is InChI=1S/C19H25N3O3S/c1-25-17-7-5-15(6-8-17)11-22-12-16(13-23)20-19(22)26-14-18(24)21-9-3-2-4-10-21/h5-8,12,23H,2-4,9-11,13-14H2,1H3. The third kappa shape index (κ3) is 4.80. The predicted molar refractivity (Wildman–Crippen MR) is 101 cm³/mol. The van der Waals surface area contributed by atoms with Gasteiger partial charge in [-0.3, -0.25) is 4.79 Å². The van der Waals surface area contributed by atoms with E-state index in [9.17, 15) is 9.90 Å². The van der Waals surface area contributed by atoms with Crippen LogP contribution in [0.15, 0.2) is 35.6 Å². The highest BCUT2D eigenvalue weighted by molar-refractivity contribution is 7.99. The number of amides is 1. The number of ether oxygens (including phenoxy) is 1. The Morgan fingerprint density at radius 2 is 1.96 bits per heavy atom. The second kappa shape index (κ2) is 9.09. The number of piperidine rings is 1. The third-order valence-corrected chi connectivity index (χ3v) is 5.47. The summed E-state index contributed by atoms with van der Waals surface area (Å²) in [4.78, 5) is 18.8. The fourth-order valence-corrected chi connectivity index (χ4v) is 3.94. The molecular weight excluding hydrogens is 350 g/mol. The molecule has 0 atom stereocenters. The van der Waals surface area contributed by atoms with Gasteiger partial charge in [-0.25, -0.2) is 4.98 Å². The molecule has 1 fully saturated rings. The highest BCUT2D eigenvalue weighted by Crippen LogP contribution is 2.22. The van der Waals surface area contributed by atoms with Crippen molar-refractivity contribution in [3.8, 4) is 5.75 Å². The van der Waals surface area contributed by atoms with Gasteiger partial charge in [0.1, 0.15) is 5.75 Å². The van der Waals surface area contributed by atoms with E-state index in [1.165, 1.54) is 18.2 Å². The Morgan fingerprint density at radius 1 is 1.23 bits per heavy atom. The lowest BCUT2D eigenvalue weighted by atomic mass is 10.1. The van der Waals surface area contributed by atoms with Gasteiger partial charge in [0.25, 0.3) is 0 Å². The molecule has 0 saturated carbocycles. The lowest BCUT2D eigenvalue weighted by Crippen LogP contribution is -2.36. The summed E-state index contributed by atoms with van der Waals surface area (Å²) < 4.78 is 7.18. The molecule has 0 radical (unpaired) electrons. The molecule has 7 heteroatoms. The summed E-state index contributed by atoms with van der Waals surface area (Å²) in [6, 6.07) is 7.85. The highest BCUT2D eigenvalue weighted by atomic mass is 32.2. The van der Waals surface area contributed by atoms with Gasteiger partial charge >= 0.3 is 0 Å². The van der Waals surface area contributed by atoms with Gasteiger partial charge in [-0.15, -0.1) is 0 Å². The minimum absolute atomic E-state index is 0.108. The molecule has 2 heterocycles. The molecule has 26 heavy (non-hydrogen) atoms. The van der Waals surface area contributed by atoms with Crippen molar-refractivity contribution in [3.63, 3.8) is 0 Å². The quantitative estimate of drug-likeness (QED) is 0.753. The van der Waals surface area contributed by atoms with Crippen LogP contribution in [0.4, 0.5) is 0 Å². The first-order chi connectivity index (χ1) is 12.7. The summed E-state index contributed by atoms with van der Waals surface area (Å²) in [5, 5.41) is 10.2. The summed E-state index contributed by atoms with van der Waals surface area (Å²) in [6.45, 7) is 2.25. The number of aliphatic hydroxyl groups is 1. The zero-order chi connectivity index (χ0) is 18.4. The number of methoxy groups -OCH3 is 1. The van der Waals surface area contributed by atoms with Gasteiger partial charge in [0.2, 0.25) is 5.91 Å². The Morgan fingerprint density at radius 3 is 2.62 bits per heavy atom. The van der Waals surface area contributed by atoms with Crippen molar-refractivity contribution in [3.05, 3.63) is 41.7 Å². The fourth-order valence-electron chi connectivity index (χ4n) is 3.04. The monoisotopic (exact) mass is 375 g/mol. The summed E-state index contributed by atoms with van der Waals surface area (Å²) in [6.07, 6.45) is 5.25. The summed E-state index contributed by atoms with van der Waals surface area (Å²) in [5.74, 6) is 1.36. The van der Waals surface area contributed by atoms with Crippen LogP contribution in [0.25, 0.3) is 0 Å². The minimum Gasteiger partial charge on any atom is -0.497 e. The molecule has 3 rings (SSSR count). The third-order valence-electron chi connectivity index (χ3n) is 4.50. The Hall–Kier alpha value is -1.99. The van der Waals surface area contributed by atoms with E-state index in [0.717, 1.165) is 42.4 Å². The zero-order valence-electron chi connectivity index (χ0n) is 15.1. The molecule has 0 unspecified atom stereocenters. The number of thioether (sulfide) groups is 1. The van der Waals surface area contributed by atoms with E-state index in [1.54, 1.807) is 7.11 Å². The van der Waals surface area contributed by atoms with E-state index in [4.69, 9.17) is 4.74 Å². The number of likely N-dealkylation sites (tertiary alicyclic amines) is 1. The molecule has 1 aliphatic rings. The number of carbonyl (C=O) groups excluding carboxylic acids is 1. The molecular formula is C19H25N3O3S. The van der Waals surface area contributed by atoms with Crippen LogP contribution < -0.4 is 4.74 Å². The number of imidazole rings is 1. The first kappa shape index (κ1) is 18.8. The molecule has 140 valence electrons. The second-order valence-corrected chi connectivity index (χ2v) is 7.32. The maximum atomic E-state index is 12.4. The molecule has 6 nitrogen and oxygen atoms in total. The lowest BCUT2D eigenvalue weighted by molar-refractivity contribution is -0.129. The summed E-state index contributed by atoms with van der Waals surface area (Å²) in [5.41, 5.74) is 1.73. The molecule has 1 saturated heterocycles. The van der Waals surface area contributed by atoms with Gasteiger partial charge in [0.15, 0.2) is 5.16 Å². The van der Waals surface area contributed by atoms with Crippen molar-refractivity contribution in [2.75, 3.05) is 26.0 Å². The van der Waals surface area contributed by atoms with E-state index < -0.39 is 0 Å². The summed E-state index contributed by atoms with van der Waals surface area (Å²) >= 11 is 1.44. The predicted octanol–water partition coefficient (Wildman–Crippen LogP) is 2.54. The Balaban J connectivity index is 1.66. The average molecular weight is 375 g/mol. The van der Waals surface area contributed by atoms with Crippen LogP contribution in [0.3, 0.4) is 0 Å². The van der Waals surface area contributed by atoms with Crippen LogP contribution >= 0.6 is 11.8 Å². The first-order valence-electron chi connectivity index (χ1n) is 8.90. The Labute approximate surface area is 158 Å². The van der Waals surface area contributed by atoms with Crippen LogP contribution in [0, 0.1) is 0 Å². The number of rotatable bonds is 7. The van der Waals surface area contributed by atoms with Crippen LogP contribution in [0.2, 0.25) is 0 Å². The Bertz CT molecular complexity index is 724. The SMILES string of the molecule is COc1ccc(Cn2cc(CO)nc2SCC(=O)N2CCCCC2)cc1. The van der Waals surface area contributed by atoms with Crippen molar-refractivity contribution in [1.82, 2.24) is 14.5 Å². The molecule has 1 aromatic carbocycles. The second-order valence-electron chi connectivity index (χ2n) is 6.38. The number of carbonyl (C=O) groups is 1. The minimum atomic E-state index is -0.108. The van der Waals surface area contributed by atoms with Crippen molar-refractivity contribution in [2.24, 2.45) is 0 Å². The number of hydrogen-bond donors (Lipinski definition) is 1. The Kier molecular flexibility index (Phi) is 6.57. The number of aliphatic hydroxyl groups excluding tert-OH is 1. The van der Waals surface area contributed by atoms with E-state index in [1.807, 2.05) is 39.9 Å². The van der Waals surface area contributed by atoms with Gasteiger partial charge in [-0.1, -0.05) is 23.9 Å². The molecule has 0 bridgehead atoms. The smallest absolute Gasteiger partial charge is 0.233 e. The van der Waals surface area contributed by atoms with Gasteiger partial charge in [-0.2, -0.15) is 0 Å². The number of benzene rings is 1. The highest BCUT2D eigenvalue weighted by Gasteiger charge is 2.18. The molecule has 1 aliphatic heterocycles. The van der Waals surface area contributed by atoms with Crippen LogP contribution in [-0.4, -0.2) is 51.4 Å². The first-order valence-corrected chi connectivity index (χ1v) is 9.88. The van der Waals surface area contributed by atoms with Gasteiger partial charge < -0.3 is 19.3 Å². The lowest BCUT2D eigenvalue weighted by Gasteiger charge is -2.26. The van der Waals surface area contributed by atoms with E-state index >= 15 is 0 Å². The van der Waals surface area contributed by atoms with Crippen LogP contribution in [-0.2, 0) is 17.9 Å². The number of aromatic nitrogens is 2. The molecule has 0 spiro atoms. The largest absolute Gasteiger partial charge is 0.497 e. The van der Waals surface area contributed by atoms with Crippen molar-refractivity contribution < 1.29 is 14.6 Å². The van der Waals surface area contributed by atoms with Gasteiger partial charge in [-0.05, 0) is 37.0 Å². The van der Waals surface area contributed by atoms with Crippen LogP contribution in [0.5, 0.6) is 5.75 Å². The molecule has 1 N–H and O–H groups in total. The van der Waals surface area contributed by atoms with E-state index in [-0.39, 0.29) is 12.5 Å². The van der Waals surface area contributed by atoms with E-state index in [0.29, 0.717) is 18.0 Å². The van der Waals surface area contributed by atoms with Gasteiger partial charge in [0, 0.05) is 25.8 Å². The molecule has 1 amide bonds. The summed E-state index contributed by atoms with van der Waals surface area (Å²) in [7, 11) is 1.65. The molecule has 2 aromatic rings. The number of nitrogens with zero attached hydrogens (tertiary/aromatic N) is 3. The van der Waals surface area contributed by atoms with Crippen LogP contribution in [0.1, 0.15) is 30.5 Å². The normalized spacial score (nSPS) is 14.5. The maximum Gasteiger partial charge on any atom is 0.233 e. The van der Waals surface area contributed by atoms with E-state index in [2.05, 4.69) is 4.98 Å². The average Bonchev–Trinajstić information content (AvgIpc) is 3.09.